The molecule has 1 aliphatic heterocycles. The summed E-state index contributed by atoms with van der Waals surface area (Å²) in [5.41, 5.74) is 7.97. The number of hydrogen-bond donors (Lipinski definition) is 1. The van der Waals surface area contributed by atoms with E-state index in [0.717, 1.165) is 17.0 Å². The molecular weight excluding hydrogens is 266 g/mol. The molecule has 0 aliphatic carbocycles. The van der Waals surface area contributed by atoms with E-state index < -0.39 is 0 Å². The van der Waals surface area contributed by atoms with Gasteiger partial charge in [-0.15, -0.1) is 0 Å². The smallest absolute Gasteiger partial charge is 0.192 e. The van der Waals surface area contributed by atoms with Crippen molar-refractivity contribution in [3.8, 4) is 11.5 Å². The lowest BCUT2D eigenvalue weighted by molar-refractivity contribution is 0.0850. The first-order chi connectivity index (χ1) is 10.1. The van der Waals surface area contributed by atoms with Gasteiger partial charge in [0, 0.05) is 11.3 Å². The van der Waals surface area contributed by atoms with Crippen LogP contribution in [0.25, 0.3) is 0 Å². The SMILES string of the molecule is Cc1nc(C2COc3ccccc3O2)nc(N)c1C(C)C. The van der Waals surface area contributed by atoms with Crippen molar-refractivity contribution in [1.82, 2.24) is 9.97 Å². The van der Waals surface area contributed by atoms with Gasteiger partial charge in [0.25, 0.3) is 0 Å². The lowest BCUT2D eigenvalue weighted by atomic mass is 10.0. The fraction of sp³-hybridized carbons (Fsp3) is 0.375. The predicted molar refractivity (Wildman–Crippen MR) is 80.6 cm³/mol. The average molecular weight is 285 g/mol. The highest BCUT2D eigenvalue weighted by Crippen LogP contribution is 2.35. The Balaban J connectivity index is 1.92. The first-order valence-electron chi connectivity index (χ1n) is 7.08. The first-order valence-corrected chi connectivity index (χ1v) is 7.08. The normalized spacial score (nSPS) is 17.0. The van der Waals surface area contributed by atoms with Crippen LogP contribution >= 0.6 is 0 Å². The number of benzene rings is 1. The summed E-state index contributed by atoms with van der Waals surface area (Å²) in [6.07, 6.45) is -0.331. The fourth-order valence-electron chi connectivity index (χ4n) is 2.63. The van der Waals surface area contributed by atoms with E-state index in [1.807, 2.05) is 31.2 Å². The molecule has 2 heterocycles. The van der Waals surface area contributed by atoms with Crippen LogP contribution < -0.4 is 15.2 Å². The zero-order chi connectivity index (χ0) is 15.0. The minimum atomic E-state index is -0.331. The second-order valence-electron chi connectivity index (χ2n) is 5.49. The summed E-state index contributed by atoms with van der Waals surface area (Å²) < 4.78 is 11.6. The Morgan fingerprint density at radius 1 is 1.19 bits per heavy atom. The first kappa shape index (κ1) is 13.7. The largest absolute Gasteiger partial charge is 0.485 e. The average Bonchev–Trinajstić information content (AvgIpc) is 2.45. The molecule has 21 heavy (non-hydrogen) atoms. The van der Waals surface area contributed by atoms with E-state index in [1.165, 1.54) is 0 Å². The summed E-state index contributed by atoms with van der Waals surface area (Å²) in [6.45, 7) is 6.50. The number of nitrogen functional groups attached to an aromatic ring is 1. The molecule has 5 heteroatoms. The maximum Gasteiger partial charge on any atom is 0.192 e. The summed E-state index contributed by atoms with van der Waals surface area (Å²) in [6, 6.07) is 7.58. The van der Waals surface area contributed by atoms with Gasteiger partial charge in [-0.25, -0.2) is 9.97 Å². The van der Waals surface area contributed by atoms with Gasteiger partial charge in [-0.2, -0.15) is 0 Å². The van der Waals surface area contributed by atoms with Crippen molar-refractivity contribution >= 4 is 5.82 Å². The van der Waals surface area contributed by atoms with Gasteiger partial charge in [-0.1, -0.05) is 26.0 Å². The quantitative estimate of drug-likeness (QED) is 0.918. The molecule has 0 spiro atoms. The van der Waals surface area contributed by atoms with Crippen LogP contribution in [0.5, 0.6) is 11.5 Å². The van der Waals surface area contributed by atoms with Crippen molar-refractivity contribution in [2.75, 3.05) is 12.3 Å². The highest BCUT2D eigenvalue weighted by molar-refractivity contribution is 5.45. The standard InChI is InChI=1S/C16H19N3O2/c1-9(2)14-10(3)18-16(19-15(14)17)13-8-20-11-6-4-5-7-12(11)21-13/h4-7,9,13H,8H2,1-3H3,(H2,17,18,19). The van der Waals surface area contributed by atoms with Gasteiger partial charge in [0.15, 0.2) is 23.4 Å². The zero-order valence-electron chi connectivity index (χ0n) is 12.5. The maximum absolute atomic E-state index is 6.08. The number of aromatic nitrogens is 2. The minimum Gasteiger partial charge on any atom is -0.485 e. The van der Waals surface area contributed by atoms with Gasteiger partial charge in [-0.05, 0) is 25.0 Å². The number of nitrogens with two attached hydrogens (primary N) is 1. The summed E-state index contributed by atoms with van der Waals surface area (Å²) in [7, 11) is 0. The highest BCUT2D eigenvalue weighted by Gasteiger charge is 2.26. The minimum absolute atomic E-state index is 0.295. The van der Waals surface area contributed by atoms with E-state index in [0.29, 0.717) is 29.9 Å². The number of para-hydroxylation sites is 2. The lowest BCUT2D eigenvalue weighted by Crippen LogP contribution is -2.24. The molecule has 110 valence electrons. The Labute approximate surface area is 124 Å². The number of fused-ring (bicyclic) bond motifs is 1. The van der Waals surface area contributed by atoms with Crippen LogP contribution in [0.1, 0.15) is 43.0 Å². The summed E-state index contributed by atoms with van der Waals surface area (Å²) >= 11 is 0. The molecule has 0 saturated heterocycles. The molecule has 1 atom stereocenters. The highest BCUT2D eigenvalue weighted by atomic mass is 16.6. The van der Waals surface area contributed by atoms with Crippen LogP contribution in [0.15, 0.2) is 24.3 Å². The molecule has 0 fully saturated rings. The van der Waals surface area contributed by atoms with Gasteiger partial charge in [0.2, 0.25) is 0 Å². The Morgan fingerprint density at radius 3 is 2.57 bits per heavy atom. The number of anilines is 1. The van der Waals surface area contributed by atoms with Crippen LogP contribution in [-0.4, -0.2) is 16.6 Å². The van der Waals surface area contributed by atoms with Crippen molar-refractivity contribution in [2.24, 2.45) is 0 Å². The van der Waals surface area contributed by atoms with E-state index in [9.17, 15) is 0 Å². The lowest BCUT2D eigenvalue weighted by Gasteiger charge is -2.26. The molecule has 2 aromatic rings. The molecule has 1 aromatic carbocycles. The Kier molecular flexibility index (Phi) is 3.41. The van der Waals surface area contributed by atoms with Crippen molar-refractivity contribution < 1.29 is 9.47 Å². The van der Waals surface area contributed by atoms with Gasteiger partial charge in [0.05, 0.1) is 0 Å². The molecule has 3 rings (SSSR count). The van der Waals surface area contributed by atoms with Gasteiger partial charge >= 0.3 is 0 Å². The van der Waals surface area contributed by atoms with Gasteiger partial charge in [0.1, 0.15) is 12.4 Å². The summed E-state index contributed by atoms with van der Waals surface area (Å²) in [5.74, 6) is 2.85. The predicted octanol–water partition coefficient (Wildman–Crippen LogP) is 3.00. The molecule has 0 amide bonds. The third-order valence-electron chi connectivity index (χ3n) is 3.56. The molecule has 0 saturated carbocycles. The zero-order valence-corrected chi connectivity index (χ0v) is 12.5. The van der Waals surface area contributed by atoms with Crippen molar-refractivity contribution in [1.29, 1.82) is 0 Å². The van der Waals surface area contributed by atoms with E-state index in [2.05, 4.69) is 23.8 Å². The topological polar surface area (TPSA) is 70.3 Å². The van der Waals surface area contributed by atoms with Crippen LogP contribution in [0, 0.1) is 6.92 Å². The van der Waals surface area contributed by atoms with Crippen molar-refractivity contribution in [2.45, 2.75) is 32.8 Å². The molecule has 1 aliphatic rings. The molecule has 0 radical (unpaired) electrons. The Bertz CT molecular complexity index is 647. The Hall–Kier alpha value is -2.30. The maximum atomic E-state index is 6.08. The van der Waals surface area contributed by atoms with E-state index >= 15 is 0 Å². The number of hydrogen-bond acceptors (Lipinski definition) is 5. The van der Waals surface area contributed by atoms with Crippen molar-refractivity contribution in [3.05, 3.63) is 41.3 Å². The molecule has 0 bridgehead atoms. The number of ether oxygens (including phenoxy) is 2. The van der Waals surface area contributed by atoms with Crippen LogP contribution in [0.3, 0.4) is 0 Å². The molecule has 5 nitrogen and oxygen atoms in total. The second-order valence-corrected chi connectivity index (χ2v) is 5.49. The molecule has 1 aromatic heterocycles. The molecule has 1 unspecified atom stereocenters. The van der Waals surface area contributed by atoms with Gasteiger partial charge < -0.3 is 15.2 Å². The second kappa shape index (κ2) is 5.24. The molecule has 2 N–H and O–H groups in total. The molecular formula is C16H19N3O2. The van der Waals surface area contributed by atoms with Crippen LogP contribution in [0.4, 0.5) is 5.82 Å². The van der Waals surface area contributed by atoms with E-state index in [-0.39, 0.29) is 6.10 Å². The number of aryl methyl sites for hydroxylation is 1. The van der Waals surface area contributed by atoms with Gasteiger partial charge in [-0.3, -0.25) is 0 Å². The number of nitrogens with zero attached hydrogens (tertiary/aromatic N) is 2. The van der Waals surface area contributed by atoms with E-state index in [4.69, 9.17) is 15.2 Å². The Morgan fingerprint density at radius 2 is 1.90 bits per heavy atom. The van der Waals surface area contributed by atoms with Crippen molar-refractivity contribution in [3.63, 3.8) is 0 Å². The van der Waals surface area contributed by atoms with E-state index in [1.54, 1.807) is 0 Å². The third-order valence-corrected chi connectivity index (χ3v) is 3.56. The number of rotatable bonds is 2. The fourth-order valence-corrected chi connectivity index (χ4v) is 2.63. The monoisotopic (exact) mass is 285 g/mol. The summed E-state index contributed by atoms with van der Waals surface area (Å²) in [5, 5.41) is 0. The van der Waals surface area contributed by atoms with Crippen LogP contribution in [0.2, 0.25) is 0 Å². The van der Waals surface area contributed by atoms with Crippen LogP contribution in [-0.2, 0) is 0 Å². The third kappa shape index (κ3) is 2.51. The summed E-state index contributed by atoms with van der Waals surface area (Å²) in [4.78, 5) is 8.97.